The van der Waals surface area contributed by atoms with Crippen LogP contribution in [0, 0.1) is 0 Å². The molecule has 0 aliphatic carbocycles. The number of pyridine rings is 1. The molecule has 5 heteroatoms. The van der Waals surface area contributed by atoms with Crippen LogP contribution in [0.25, 0.3) is 21.5 Å². The van der Waals surface area contributed by atoms with Gasteiger partial charge in [0.2, 0.25) is 0 Å². The Kier molecular flexibility index (Phi) is 4.04. The quantitative estimate of drug-likeness (QED) is 0.713. The second kappa shape index (κ2) is 6.34. The maximum atomic E-state index is 13.1. The summed E-state index contributed by atoms with van der Waals surface area (Å²) >= 11 is 1.63. The molecule has 0 spiro atoms. The van der Waals surface area contributed by atoms with Crippen molar-refractivity contribution in [3.8, 4) is 10.6 Å². The Bertz CT molecular complexity index is 876. The van der Waals surface area contributed by atoms with Gasteiger partial charge >= 0.3 is 0 Å². The number of benzene rings is 1. The summed E-state index contributed by atoms with van der Waals surface area (Å²) in [4.78, 5) is 20.8. The molecule has 1 aliphatic rings. The van der Waals surface area contributed by atoms with Crippen LogP contribution < -0.4 is 0 Å². The maximum Gasteiger partial charge on any atom is 0.254 e. The third-order valence-corrected chi connectivity index (χ3v) is 5.14. The predicted octanol–water partition coefficient (Wildman–Crippen LogP) is 3.82. The van der Waals surface area contributed by atoms with Crippen molar-refractivity contribution in [2.24, 2.45) is 0 Å². The van der Waals surface area contributed by atoms with Crippen molar-refractivity contribution >= 4 is 28.1 Å². The SMILES string of the molecule is CC1CN(C(=O)c2cc(-c3cccs3)nc3ccccc23)CCO1. The molecule has 1 unspecified atom stereocenters. The molecule has 3 aromatic rings. The minimum atomic E-state index is 0.0570. The van der Waals surface area contributed by atoms with Crippen molar-refractivity contribution in [1.82, 2.24) is 9.88 Å². The molecule has 1 amide bonds. The topological polar surface area (TPSA) is 42.4 Å². The first-order valence-corrected chi connectivity index (χ1v) is 8.95. The number of ether oxygens (including phenoxy) is 1. The molecule has 1 fully saturated rings. The molecule has 4 nitrogen and oxygen atoms in total. The largest absolute Gasteiger partial charge is 0.375 e. The van der Waals surface area contributed by atoms with Gasteiger partial charge in [-0.25, -0.2) is 4.98 Å². The van der Waals surface area contributed by atoms with Gasteiger partial charge in [-0.05, 0) is 30.5 Å². The van der Waals surface area contributed by atoms with Crippen LogP contribution in [0.1, 0.15) is 17.3 Å². The van der Waals surface area contributed by atoms with E-state index in [9.17, 15) is 4.79 Å². The van der Waals surface area contributed by atoms with Gasteiger partial charge in [0.05, 0.1) is 34.4 Å². The highest BCUT2D eigenvalue weighted by Gasteiger charge is 2.24. The van der Waals surface area contributed by atoms with Crippen LogP contribution in [0.4, 0.5) is 0 Å². The van der Waals surface area contributed by atoms with E-state index in [1.807, 2.05) is 59.7 Å². The molecule has 1 atom stereocenters. The first kappa shape index (κ1) is 15.3. The zero-order chi connectivity index (χ0) is 16.5. The number of morpholine rings is 1. The van der Waals surface area contributed by atoms with Crippen molar-refractivity contribution in [2.75, 3.05) is 19.7 Å². The Labute approximate surface area is 144 Å². The highest BCUT2D eigenvalue weighted by atomic mass is 32.1. The molecule has 0 radical (unpaired) electrons. The lowest BCUT2D eigenvalue weighted by atomic mass is 10.1. The Hall–Kier alpha value is -2.24. The normalized spacial score (nSPS) is 18.0. The van der Waals surface area contributed by atoms with E-state index in [1.165, 1.54) is 0 Å². The lowest BCUT2D eigenvalue weighted by Gasteiger charge is -2.31. The number of hydrogen-bond donors (Lipinski definition) is 0. The van der Waals surface area contributed by atoms with Crippen molar-refractivity contribution in [3.63, 3.8) is 0 Å². The number of rotatable bonds is 2. The van der Waals surface area contributed by atoms with Crippen LogP contribution in [0.3, 0.4) is 0 Å². The van der Waals surface area contributed by atoms with Gasteiger partial charge in [0.25, 0.3) is 5.91 Å². The predicted molar refractivity (Wildman–Crippen MR) is 96.4 cm³/mol. The first-order valence-electron chi connectivity index (χ1n) is 8.07. The molecule has 2 aromatic heterocycles. The van der Waals surface area contributed by atoms with Gasteiger partial charge in [0, 0.05) is 18.5 Å². The second-order valence-electron chi connectivity index (χ2n) is 5.98. The van der Waals surface area contributed by atoms with E-state index >= 15 is 0 Å². The number of hydrogen-bond acceptors (Lipinski definition) is 4. The molecule has 24 heavy (non-hydrogen) atoms. The van der Waals surface area contributed by atoms with E-state index in [1.54, 1.807) is 11.3 Å². The molecule has 122 valence electrons. The highest BCUT2D eigenvalue weighted by Crippen LogP contribution is 2.28. The van der Waals surface area contributed by atoms with E-state index in [4.69, 9.17) is 9.72 Å². The number of carbonyl (C=O) groups is 1. The molecule has 1 aromatic carbocycles. The van der Waals surface area contributed by atoms with Crippen LogP contribution in [0.2, 0.25) is 0 Å². The summed E-state index contributed by atoms with van der Waals surface area (Å²) in [5.41, 5.74) is 2.43. The van der Waals surface area contributed by atoms with Crippen molar-refractivity contribution in [3.05, 3.63) is 53.4 Å². The first-order chi connectivity index (χ1) is 11.7. The third kappa shape index (κ3) is 2.81. The van der Waals surface area contributed by atoms with Crippen LogP contribution in [-0.2, 0) is 4.74 Å². The van der Waals surface area contributed by atoms with Gasteiger partial charge in [-0.3, -0.25) is 4.79 Å². The monoisotopic (exact) mass is 338 g/mol. The van der Waals surface area contributed by atoms with Crippen molar-refractivity contribution in [1.29, 1.82) is 0 Å². The van der Waals surface area contributed by atoms with Crippen LogP contribution in [0.15, 0.2) is 47.8 Å². The van der Waals surface area contributed by atoms with E-state index in [0.29, 0.717) is 19.7 Å². The van der Waals surface area contributed by atoms with Crippen molar-refractivity contribution < 1.29 is 9.53 Å². The summed E-state index contributed by atoms with van der Waals surface area (Å²) < 4.78 is 5.56. The van der Waals surface area contributed by atoms with Gasteiger partial charge in [-0.2, -0.15) is 0 Å². The van der Waals surface area contributed by atoms with E-state index in [2.05, 4.69) is 0 Å². The maximum absolute atomic E-state index is 13.1. The standard InChI is InChI=1S/C19H18N2O2S/c1-13-12-21(8-9-23-13)19(22)15-11-17(18-7-4-10-24-18)20-16-6-3-2-5-14(15)16/h2-7,10-11,13H,8-9,12H2,1H3. The number of carbonyl (C=O) groups excluding carboxylic acids is 1. The molecule has 1 saturated heterocycles. The Balaban J connectivity index is 1.82. The van der Waals surface area contributed by atoms with E-state index < -0.39 is 0 Å². The van der Waals surface area contributed by atoms with Crippen LogP contribution in [0.5, 0.6) is 0 Å². The summed E-state index contributed by atoms with van der Waals surface area (Å²) in [6.07, 6.45) is 0.0765. The summed E-state index contributed by atoms with van der Waals surface area (Å²) in [6.45, 7) is 3.85. The average molecular weight is 338 g/mol. The summed E-state index contributed by atoms with van der Waals surface area (Å²) in [7, 11) is 0. The number of nitrogens with zero attached hydrogens (tertiary/aromatic N) is 2. The Morgan fingerprint density at radius 3 is 2.96 bits per heavy atom. The smallest absolute Gasteiger partial charge is 0.254 e. The van der Waals surface area contributed by atoms with Gasteiger partial charge in [-0.15, -0.1) is 11.3 Å². The molecule has 0 bridgehead atoms. The van der Waals surface area contributed by atoms with Crippen LogP contribution in [-0.4, -0.2) is 41.6 Å². The van der Waals surface area contributed by atoms with Crippen LogP contribution >= 0.6 is 11.3 Å². The van der Waals surface area contributed by atoms with Crippen molar-refractivity contribution in [2.45, 2.75) is 13.0 Å². The van der Waals surface area contributed by atoms with Gasteiger partial charge in [-0.1, -0.05) is 24.3 Å². The molecular formula is C19H18N2O2S. The van der Waals surface area contributed by atoms with Gasteiger partial charge in [0.15, 0.2) is 0 Å². The lowest BCUT2D eigenvalue weighted by Crippen LogP contribution is -2.44. The molecule has 0 N–H and O–H groups in total. The number of amides is 1. The minimum Gasteiger partial charge on any atom is -0.375 e. The minimum absolute atomic E-state index is 0.0570. The second-order valence-corrected chi connectivity index (χ2v) is 6.93. The average Bonchev–Trinajstić information content (AvgIpc) is 3.15. The zero-order valence-electron chi connectivity index (χ0n) is 13.4. The molecule has 4 rings (SSSR count). The lowest BCUT2D eigenvalue weighted by molar-refractivity contribution is -0.0123. The number of aromatic nitrogens is 1. The summed E-state index contributed by atoms with van der Waals surface area (Å²) in [5, 5.41) is 2.93. The Morgan fingerprint density at radius 1 is 1.29 bits per heavy atom. The number of para-hydroxylation sites is 1. The molecule has 0 saturated carbocycles. The fourth-order valence-corrected chi connectivity index (χ4v) is 3.76. The van der Waals surface area contributed by atoms with Gasteiger partial charge < -0.3 is 9.64 Å². The Morgan fingerprint density at radius 2 is 2.17 bits per heavy atom. The summed E-state index contributed by atoms with van der Waals surface area (Å²) in [6, 6.07) is 13.8. The number of fused-ring (bicyclic) bond motifs is 1. The van der Waals surface area contributed by atoms with E-state index in [-0.39, 0.29) is 12.0 Å². The fraction of sp³-hybridized carbons (Fsp3) is 0.263. The zero-order valence-corrected chi connectivity index (χ0v) is 14.3. The van der Waals surface area contributed by atoms with E-state index in [0.717, 1.165) is 27.0 Å². The summed E-state index contributed by atoms with van der Waals surface area (Å²) in [5.74, 6) is 0.0570. The third-order valence-electron chi connectivity index (χ3n) is 4.25. The molecule has 1 aliphatic heterocycles. The highest BCUT2D eigenvalue weighted by molar-refractivity contribution is 7.13. The molecular weight excluding hydrogens is 320 g/mol. The number of thiophene rings is 1. The van der Waals surface area contributed by atoms with Gasteiger partial charge in [0.1, 0.15) is 0 Å². The fourth-order valence-electron chi connectivity index (χ4n) is 3.08. The molecule has 3 heterocycles.